The fourth-order valence-corrected chi connectivity index (χ4v) is 1.39. The minimum atomic E-state index is -0.787. The molecule has 1 aromatic carbocycles. The van der Waals surface area contributed by atoms with Crippen LogP contribution in [-0.2, 0) is 0 Å². The average Bonchev–Trinajstić information content (AvgIpc) is 2.48. The van der Waals surface area contributed by atoms with Crippen molar-refractivity contribution in [3.63, 3.8) is 0 Å². The molecule has 0 aliphatic rings. The molecule has 0 saturated carbocycles. The number of rotatable bonds is 4. The molecule has 1 aromatic heterocycles. The van der Waals surface area contributed by atoms with E-state index in [1.807, 2.05) is 0 Å². The Morgan fingerprint density at radius 3 is 2.86 bits per heavy atom. The Kier molecular flexibility index (Phi) is 3.88. The maximum absolute atomic E-state index is 12.9. The number of hydrogen-bond donors (Lipinski definition) is 3. The first kappa shape index (κ1) is 14.1. The first-order chi connectivity index (χ1) is 9.97. The molecule has 0 unspecified atom stereocenters. The van der Waals surface area contributed by atoms with Gasteiger partial charge in [-0.15, -0.1) is 0 Å². The number of benzene rings is 1. The summed E-state index contributed by atoms with van der Waals surface area (Å²) in [5.41, 5.74) is 9.62. The number of aromatic nitrogens is 2. The van der Waals surface area contributed by atoms with Gasteiger partial charge in [-0.1, -0.05) is 6.07 Å². The summed E-state index contributed by atoms with van der Waals surface area (Å²) in [6.07, 6.45) is 0.837. The van der Waals surface area contributed by atoms with Crippen LogP contribution in [0.2, 0.25) is 0 Å². The van der Waals surface area contributed by atoms with Crippen LogP contribution >= 0.6 is 0 Å². The third kappa shape index (κ3) is 3.37. The molecule has 1 amide bonds. The van der Waals surface area contributed by atoms with Crippen LogP contribution < -0.4 is 16.6 Å². The van der Waals surface area contributed by atoms with Crippen molar-refractivity contribution >= 4 is 23.4 Å². The summed E-state index contributed by atoms with van der Waals surface area (Å²) in [4.78, 5) is 28.9. The summed E-state index contributed by atoms with van der Waals surface area (Å²) < 4.78 is 12.9. The second-order valence-electron chi connectivity index (χ2n) is 3.81. The Hall–Kier alpha value is -3.30. The number of non-ortho nitro benzene ring substituents is 1. The number of carbonyl (C=O) groups is 1. The van der Waals surface area contributed by atoms with Crippen molar-refractivity contribution < 1.29 is 14.1 Å². The van der Waals surface area contributed by atoms with Gasteiger partial charge < -0.3 is 5.73 Å². The molecule has 4 N–H and O–H groups in total. The molecule has 2 rings (SSSR count). The van der Waals surface area contributed by atoms with E-state index in [4.69, 9.17) is 5.73 Å². The Bertz CT molecular complexity index is 708. The van der Waals surface area contributed by atoms with Gasteiger partial charge in [0.15, 0.2) is 11.6 Å². The smallest absolute Gasteiger partial charge is 0.270 e. The predicted molar refractivity (Wildman–Crippen MR) is 70.6 cm³/mol. The molecule has 0 spiro atoms. The zero-order valence-electron chi connectivity index (χ0n) is 10.4. The summed E-state index contributed by atoms with van der Waals surface area (Å²) in [5, 5.41) is 10.6. The molecule has 2 aromatic rings. The van der Waals surface area contributed by atoms with Crippen LogP contribution in [0.4, 0.5) is 21.8 Å². The number of anilines is 2. The van der Waals surface area contributed by atoms with Crippen LogP contribution in [0.5, 0.6) is 0 Å². The van der Waals surface area contributed by atoms with Crippen LogP contribution in [-0.4, -0.2) is 20.8 Å². The largest absolute Gasteiger partial charge is 0.381 e. The minimum Gasteiger partial charge on any atom is -0.381 e. The van der Waals surface area contributed by atoms with Gasteiger partial charge in [0, 0.05) is 17.7 Å². The predicted octanol–water partition coefficient (Wildman–Crippen LogP) is 0.863. The Morgan fingerprint density at radius 2 is 2.19 bits per heavy atom. The third-order valence-corrected chi connectivity index (χ3v) is 2.38. The fraction of sp³-hybridized carbons (Fsp3) is 0. The first-order valence-electron chi connectivity index (χ1n) is 5.56. The lowest BCUT2D eigenvalue weighted by molar-refractivity contribution is -0.384. The number of hydrazine groups is 1. The summed E-state index contributed by atoms with van der Waals surface area (Å²) in [6.45, 7) is 0. The molecule has 0 atom stereocenters. The quantitative estimate of drug-likeness (QED) is 0.561. The van der Waals surface area contributed by atoms with Gasteiger partial charge in [0.1, 0.15) is 0 Å². The maximum Gasteiger partial charge on any atom is 0.270 e. The molecule has 0 aliphatic carbocycles. The Labute approximate surface area is 117 Å². The molecule has 0 bridgehead atoms. The van der Waals surface area contributed by atoms with Gasteiger partial charge in [-0.2, -0.15) is 4.98 Å². The molecule has 108 valence electrons. The topological polar surface area (TPSA) is 136 Å². The first-order valence-corrected chi connectivity index (χ1v) is 5.56. The third-order valence-electron chi connectivity index (χ3n) is 2.38. The summed E-state index contributed by atoms with van der Waals surface area (Å²) in [5.74, 6) is -1.93. The monoisotopic (exact) mass is 292 g/mol. The van der Waals surface area contributed by atoms with Gasteiger partial charge in [0.2, 0.25) is 5.95 Å². The molecule has 0 radical (unpaired) electrons. The zero-order valence-corrected chi connectivity index (χ0v) is 10.4. The number of hydrogen-bond acceptors (Lipinski definition) is 7. The lowest BCUT2D eigenvalue weighted by Crippen LogP contribution is -2.30. The van der Waals surface area contributed by atoms with E-state index in [0.29, 0.717) is 0 Å². The van der Waals surface area contributed by atoms with Crippen molar-refractivity contribution in [1.82, 2.24) is 15.4 Å². The molecular formula is C11H9FN6O3. The van der Waals surface area contributed by atoms with Gasteiger partial charge in [-0.05, 0) is 6.07 Å². The van der Waals surface area contributed by atoms with Crippen LogP contribution in [0.25, 0.3) is 0 Å². The summed E-state index contributed by atoms with van der Waals surface area (Å²) in [7, 11) is 0. The van der Waals surface area contributed by atoms with Gasteiger partial charge in [0.05, 0.1) is 11.1 Å². The van der Waals surface area contributed by atoms with Gasteiger partial charge >= 0.3 is 0 Å². The van der Waals surface area contributed by atoms with Crippen LogP contribution in [0.15, 0.2) is 30.5 Å². The van der Waals surface area contributed by atoms with E-state index in [2.05, 4.69) is 20.8 Å². The van der Waals surface area contributed by atoms with E-state index in [-0.39, 0.29) is 23.0 Å². The van der Waals surface area contributed by atoms with Crippen LogP contribution in [0.3, 0.4) is 0 Å². The number of nitro groups is 1. The van der Waals surface area contributed by atoms with E-state index >= 15 is 0 Å². The Balaban J connectivity index is 2.06. The lowest BCUT2D eigenvalue weighted by Gasteiger charge is -2.07. The second-order valence-corrected chi connectivity index (χ2v) is 3.81. The molecule has 0 saturated heterocycles. The van der Waals surface area contributed by atoms with Crippen molar-refractivity contribution in [2.75, 3.05) is 11.2 Å². The standard InChI is InChI=1S/C11H9FN6O3/c12-8-5-14-11(15-9(8)13)17-16-10(19)6-2-1-3-7(4-6)18(20)21/h1-5H,(H,16,19)(H3,13,14,15,17). The second kappa shape index (κ2) is 5.77. The van der Waals surface area contributed by atoms with Crippen molar-refractivity contribution in [3.8, 4) is 0 Å². The molecule has 1 heterocycles. The lowest BCUT2D eigenvalue weighted by atomic mass is 10.2. The minimum absolute atomic E-state index is 0.0618. The van der Waals surface area contributed by atoms with E-state index in [0.717, 1.165) is 12.3 Å². The van der Waals surface area contributed by atoms with Crippen LogP contribution in [0, 0.1) is 15.9 Å². The number of nitro benzene ring substituents is 1. The van der Waals surface area contributed by atoms with E-state index in [1.165, 1.54) is 18.2 Å². The van der Waals surface area contributed by atoms with E-state index in [9.17, 15) is 19.3 Å². The zero-order chi connectivity index (χ0) is 15.4. The number of carbonyl (C=O) groups excluding carboxylic acids is 1. The molecule has 10 heteroatoms. The highest BCUT2D eigenvalue weighted by atomic mass is 19.1. The van der Waals surface area contributed by atoms with Gasteiger partial charge in [-0.3, -0.25) is 25.8 Å². The molecule has 21 heavy (non-hydrogen) atoms. The van der Waals surface area contributed by atoms with E-state index < -0.39 is 16.6 Å². The van der Waals surface area contributed by atoms with Crippen molar-refractivity contribution in [1.29, 1.82) is 0 Å². The summed E-state index contributed by atoms with van der Waals surface area (Å²) in [6, 6.07) is 5.13. The Morgan fingerprint density at radius 1 is 1.43 bits per heavy atom. The van der Waals surface area contributed by atoms with Crippen LogP contribution in [0.1, 0.15) is 10.4 Å². The number of nitrogens with zero attached hydrogens (tertiary/aromatic N) is 3. The van der Waals surface area contributed by atoms with Gasteiger partial charge in [0.25, 0.3) is 11.6 Å². The highest BCUT2D eigenvalue weighted by molar-refractivity contribution is 5.95. The highest BCUT2D eigenvalue weighted by Crippen LogP contribution is 2.13. The van der Waals surface area contributed by atoms with E-state index in [1.54, 1.807) is 0 Å². The fourth-order valence-electron chi connectivity index (χ4n) is 1.39. The molecule has 9 nitrogen and oxygen atoms in total. The average molecular weight is 292 g/mol. The number of nitrogen functional groups attached to an aromatic ring is 1. The maximum atomic E-state index is 12.9. The number of amides is 1. The van der Waals surface area contributed by atoms with Crippen molar-refractivity contribution in [2.24, 2.45) is 0 Å². The normalized spacial score (nSPS) is 9.95. The SMILES string of the molecule is Nc1nc(NNC(=O)c2cccc([N+](=O)[O-])c2)ncc1F. The number of nitrogens with two attached hydrogens (primary N) is 1. The highest BCUT2D eigenvalue weighted by Gasteiger charge is 2.11. The van der Waals surface area contributed by atoms with Crippen molar-refractivity contribution in [2.45, 2.75) is 0 Å². The summed E-state index contributed by atoms with van der Waals surface area (Å²) >= 11 is 0. The number of nitrogens with one attached hydrogen (secondary N) is 2. The molecule has 0 aliphatic heterocycles. The molecule has 0 fully saturated rings. The van der Waals surface area contributed by atoms with Gasteiger partial charge in [-0.25, -0.2) is 9.37 Å². The number of halogens is 1. The molecular weight excluding hydrogens is 283 g/mol. The van der Waals surface area contributed by atoms with Crippen molar-refractivity contribution in [3.05, 3.63) is 52.0 Å².